The second-order valence-electron chi connectivity index (χ2n) is 5.68. The number of fused-ring (bicyclic) bond motifs is 1. The second kappa shape index (κ2) is 7.23. The summed E-state index contributed by atoms with van der Waals surface area (Å²) in [6, 6.07) is 0.537. The maximum atomic E-state index is 12.6. The first-order valence-corrected chi connectivity index (χ1v) is 8.72. The number of hydrogen-bond donors (Lipinski definition) is 3. The topological polar surface area (TPSA) is 160 Å². The normalized spacial score (nSPS) is 24.4. The molecule has 11 nitrogen and oxygen atoms in total. The molecule has 4 N–H and O–H groups in total. The summed E-state index contributed by atoms with van der Waals surface area (Å²) in [4.78, 5) is 50.0. The highest BCUT2D eigenvalue weighted by Crippen LogP contribution is 2.40. The van der Waals surface area contributed by atoms with Gasteiger partial charge >= 0.3 is 5.97 Å². The van der Waals surface area contributed by atoms with E-state index in [1.165, 1.54) is 37.2 Å². The largest absolute Gasteiger partial charge is 0.477 e. The number of carboxylic acid groups (broad SMARTS) is 1. The molecule has 2 aliphatic rings. The number of rotatable bonds is 5. The molecule has 12 heteroatoms. The number of nitrogens with zero attached hydrogens (tertiary/aromatic N) is 4. The Morgan fingerprint density at radius 3 is 2.85 bits per heavy atom. The van der Waals surface area contributed by atoms with Crippen LogP contribution in [0.5, 0.6) is 0 Å². The van der Waals surface area contributed by atoms with Gasteiger partial charge in [0.25, 0.3) is 11.8 Å². The molecular weight excluding hydrogens is 376 g/mol. The van der Waals surface area contributed by atoms with Crippen LogP contribution in [0.2, 0.25) is 0 Å². The SMILES string of the molecule is CO/N=C(\C(=O)NC1C(=O)N2C(C(=O)O)=CC(C)S[C@H]12)c1nccc(N)n1. The van der Waals surface area contributed by atoms with E-state index in [1.54, 1.807) is 0 Å². The number of β-lactam (4-membered cyclic amide) rings is 1. The Hall–Kier alpha value is -3.15. The van der Waals surface area contributed by atoms with Crippen LogP contribution >= 0.6 is 11.8 Å². The zero-order chi connectivity index (χ0) is 19.7. The van der Waals surface area contributed by atoms with Crippen molar-refractivity contribution in [3.63, 3.8) is 0 Å². The van der Waals surface area contributed by atoms with Gasteiger partial charge in [-0.25, -0.2) is 14.8 Å². The Labute approximate surface area is 157 Å². The van der Waals surface area contributed by atoms with Gasteiger partial charge in [0.2, 0.25) is 5.71 Å². The number of thioether (sulfide) groups is 1. The molecule has 0 aliphatic carbocycles. The third-order valence-corrected chi connectivity index (χ3v) is 5.17. The van der Waals surface area contributed by atoms with Gasteiger partial charge in [0, 0.05) is 11.4 Å². The van der Waals surface area contributed by atoms with Gasteiger partial charge in [0.15, 0.2) is 5.82 Å². The molecule has 1 saturated heterocycles. The zero-order valence-corrected chi connectivity index (χ0v) is 15.1. The molecular formula is C15H16N6O5S. The molecule has 2 amide bonds. The molecule has 0 saturated carbocycles. The van der Waals surface area contributed by atoms with Crippen molar-refractivity contribution in [2.75, 3.05) is 12.8 Å². The van der Waals surface area contributed by atoms with Gasteiger partial charge in [-0.3, -0.25) is 14.5 Å². The Balaban J connectivity index is 1.80. The van der Waals surface area contributed by atoms with Crippen LogP contribution in [-0.4, -0.2) is 67.2 Å². The van der Waals surface area contributed by atoms with Gasteiger partial charge in [-0.1, -0.05) is 5.16 Å². The molecule has 1 fully saturated rings. The molecule has 2 unspecified atom stereocenters. The number of carbonyl (C=O) groups excluding carboxylic acids is 2. The first-order valence-electron chi connectivity index (χ1n) is 7.78. The van der Waals surface area contributed by atoms with Crippen molar-refractivity contribution in [1.82, 2.24) is 20.2 Å². The van der Waals surface area contributed by atoms with Crippen LogP contribution in [0, 0.1) is 0 Å². The second-order valence-corrected chi connectivity index (χ2v) is 7.17. The lowest BCUT2D eigenvalue weighted by atomic mass is 10.0. The zero-order valence-electron chi connectivity index (χ0n) is 14.3. The minimum absolute atomic E-state index is 0.0613. The Morgan fingerprint density at radius 1 is 1.48 bits per heavy atom. The van der Waals surface area contributed by atoms with Crippen LogP contribution in [0.3, 0.4) is 0 Å². The smallest absolute Gasteiger partial charge is 0.352 e. The lowest BCUT2D eigenvalue weighted by molar-refractivity contribution is -0.150. The molecule has 142 valence electrons. The van der Waals surface area contributed by atoms with Gasteiger partial charge in [0.05, 0.1) is 0 Å². The molecule has 0 spiro atoms. The van der Waals surface area contributed by atoms with E-state index in [1.807, 2.05) is 6.92 Å². The average molecular weight is 392 g/mol. The molecule has 0 aromatic carbocycles. The number of aliphatic carboxylic acids is 1. The number of amides is 2. The molecule has 2 aliphatic heterocycles. The third kappa shape index (κ3) is 3.43. The van der Waals surface area contributed by atoms with E-state index >= 15 is 0 Å². The number of aromatic nitrogens is 2. The minimum atomic E-state index is -1.19. The molecule has 1 aromatic heterocycles. The van der Waals surface area contributed by atoms with Gasteiger partial charge in [0.1, 0.15) is 30.0 Å². The number of carboxylic acids is 1. The third-order valence-electron chi connectivity index (χ3n) is 3.84. The Kier molecular flexibility index (Phi) is 4.99. The van der Waals surface area contributed by atoms with Crippen molar-refractivity contribution < 1.29 is 24.3 Å². The summed E-state index contributed by atoms with van der Waals surface area (Å²) in [5.74, 6) is -2.38. The number of hydrogen-bond acceptors (Lipinski definition) is 9. The highest BCUT2D eigenvalue weighted by Gasteiger charge is 2.54. The van der Waals surface area contributed by atoms with Crippen LogP contribution < -0.4 is 11.1 Å². The number of anilines is 1. The predicted octanol–water partition coefficient (Wildman–Crippen LogP) is -0.834. The van der Waals surface area contributed by atoms with Crippen molar-refractivity contribution in [2.24, 2.45) is 5.16 Å². The standard InChI is InChI=1S/C15H16N6O5S/c1-6-5-7(15(24)25)21-13(23)10(14(21)27-6)19-12(22)9(20-26-2)11-17-4-3-8(16)18-11/h3-6,10,14H,1-2H3,(H,19,22)(H,24,25)(H2,16,17,18)/b20-9-/t6?,10?,14-/m1/s1. The van der Waals surface area contributed by atoms with E-state index in [-0.39, 0.29) is 28.3 Å². The Bertz CT molecular complexity index is 872. The number of nitrogens with two attached hydrogens (primary N) is 1. The van der Waals surface area contributed by atoms with Crippen LogP contribution in [0.15, 0.2) is 29.2 Å². The molecule has 27 heavy (non-hydrogen) atoms. The van der Waals surface area contributed by atoms with Gasteiger partial charge in [-0.05, 0) is 19.1 Å². The van der Waals surface area contributed by atoms with Crippen molar-refractivity contribution in [3.8, 4) is 0 Å². The molecule has 1 aromatic rings. The Morgan fingerprint density at radius 2 is 2.22 bits per heavy atom. The fraction of sp³-hybridized carbons (Fsp3) is 0.333. The van der Waals surface area contributed by atoms with Gasteiger partial charge < -0.3 is 21.0 Å². The predicted molar refractivity (Wildman–Crippen MR) is 95.3 cm³/mol. The molecule has 3 atom stereocenters. The first kappa shape index (κ1) is 18.6. The summed E-state index contributed by atoms with van der Waals surface area (Å²) in [6.07, 6.45) is 2.85. The van der Waals surface area contributed by atoms with E-state index in [2.05, 4.69) is 25.3 Å². The first-order chi connectivity index (χ1) is 12.8. The number of nitrogens with one attached hydrogen (secondary N) is 1. The summed E-state index contributed by atoms with van der Waals surface area (Å²) in [7, 11) is 1.25. The van der Waals surface area contributed by atoms with Crippen molar-refractivity contribution in [3.05, 3.63) is 29.9 Å². The average Bonchev–Trinajstić information content (AvgIpc) is 2.63. The van der Waals surface area contributed by atoms with Crippen molar-refractivity contribution in [1.29, 1.82) is 0 Å². The summed E-state index contributed by atoms with van der Waals surface area (Å²) in [5.41, 5.74) is 5.25. The van der Waals surface area contributed by atoms with E-state index in [0.717, 1.165) is 4.90 Å². The molecule has 0 bridgehead atoms. The fourth-order valence-corrected chi connectivity index (χ4v) is 4.03. The molecule has 3 rings (SSSR count). The maximum absolute atomic E-state index is 12.6. The van der Waals surface area contributed by atoms with E-state index in [0.29, 0.717) is 0 Å². The summed E-state index contributed by atoms with van der Waals surface area (Å²) >= 11 is 1.36. The lowest BCUT2D eigenvalue weighted by Gasteiger charge is -2.49. The number of nitrogen functional groups attached to an aromatic ring is 1. The van der Waals surface area contributed by atoms with Crippen LogP contribution in [0.4, 0.5) is 5.82 Å². The van der Waals surface area contributed by atoms with Crippen molar-refractivity contribution >= 4 is 41.1 Å². The van der Waals surface area contributed by atoms with Crippen LogP contribution in [-0.2, 0) is 19.2 Å². The van der Waals surface area contributed by atoms with Crippen molar-refractivity contribution in [2.45, 2.75) is 23.6 Å². The van der Waals surface area contributed by atoms with E-state index in [4.69, 9.17) is 5.73 Å². The monoisotopic (exact) mass is 392 g/mol. The highest BCUT2D eigenvalue weighted by molar-refractivity contribution is 8.00. The maximum Gasteiger partial charge on any atom is 0.352 e. The van der Waals surface area contributed by atoms with E-state index in [9.17, 15) is 19.5 Å². The highest BCUT2D eigenvalue weighted by atomic mass is 32.2. The molecule has 0 radical (unpaired) electrons. The van der Waals surface area contributed by atoms with Gasteiger partial charge in [-0.15, -0.1) is 11.8 Å². The van der Waals surface area contributed by atoms with E-state index < -0.39 is 29.2 Å². The van der Waals surface area contributed by atoms with Crippen LogP contribution in [0.1, 0.15) is 12.7 Å². The minimum Gasteiger partial charge on any atom is -0.477 e. The van der Waals surface area contributed by atoms with Crippen LogP contribution in [0.25, 0.3) is 0 Å². The quantitative estimate of drug-likeness (QED) is 0.330. The summed E-state index contributed by atoms with van der Waals surface area (Å²) < 4.78 is 0. The number of oxime groups is 1. The fourth-order valence-electron chi connectivity index (χ4n) is 2.70. The summed E-state index contributed by atoms with van der Waals surface area (Å²) in [6.45, 7) is 1.81. The lowest BCUT2D eigenvalue weighted by Crippen LogP contribution is -2.71. The number of carbonyl (C=O) groups is 3. The van der Waals surface area contributed by atoms with Gasteiger partial charge in [-0.2, -0.15) is 0 Å². The summed E-state index contributed by atoms with van der Waals surface area (Å²) in [5, 5.41) is 14.8. The molecule has 3 heterocycles.